The average Bonchev–Trinajstić information content (AvgIpc) is 2.85. The number of carboxylic acids is 1. The highest BCUT2D eigenvalue weighted by Gasteiger charge is 2.37. The maximum absolute atomic E-state index is 12.6. The van der Waals surface area contributed by atoms with Gasteiger partial charge in [-0.05, 0) is 55.9 Å². The standard InChI is InChI=1S/C16H19NO3/c18-15(12-6-8-13(9-7-12)16(19)20)17-10-2-5-14(17)11-3-1-4-11/h6-9,11,14H,1-5,10H2,(H,19,20)/t14-/m1/s1. The Kier molecular flexibility index (Phi) is 3.47. The molecule has 4 heteroatoms. The van der Waals surface area contributed by atoms with Crippen molar-refractivity contribution < 1.29 is 14.7 Å². The van der Waals surface area contributed by atoms with Crippen LogP contribution in [-0.4, -0.2) is 34.5 Å². The van der Waals surface area contributed by atoms with Crippen LogP contribution in [-0.2, 0) is 0 Å². The molecule has 2 aliphatic rings. The summed E-state index contributed by atoms with van der Waals surface area (Å²) in [6, 6.07) is 6.66. The summed E-state index contributed by atoms with van der Waals surface area (Å²) in [5, 5.41) is 8.88. The third-order valence-electron chi connectivity index (χ3n) is 4.63. The summed E-state index contributed by atoms with van der Waals surface area (Å²) in [5.74, 6) is -0.228. The molecule has 1 aliphatic carbocycles. The normalized spacial score (nSPS) is 22.6. The molecule has 1 N–H and O–H groups in total. The Morgan fingerprint density at radius 2 is 1.65 bits per heavy atom. The Hall–Kier alpha value is -1.84. The van der Waals surface area contributed by atoms with Crippen molar-refractivity contribution in [1.82, 2.24) is 4.90 Å². The minimum absolute atomic E-state index is 0.0522. The highest BCUT2D eigenvalue weighted by Crippen LogP contribution is 2.37. The van der Waals surface area contributed by atoms with Crippen LogP contribution in [0.25, 0.3) is 0 Å². The molecule has 1 aromatic rings. The van der Waals surface area contributed by atoms with Crippen molar-refractivity contribution in [1.29, 1.82) is 0 Å². The van der Waals surface area contributed by atoms with Gasteiger partial charge in [-0.15, -0.1) is 0 Å². The van der Waals surface area contributed by atoms with Crippen molar-refractivity contribution in [3.63, 3.8) is 0 Å². The van der Waals surface area contributed by atoms with Gasteiger partial charge >= 0.3 is 5.97 Å². The summed E-state index contributed by atoms with van der Waals surface area (Å²) in [7, 11) is 0. The molecular weight excluding hydrogens is 254 g/mol. The van der Waals surface area contributed by atoms with Crippen LogP contribution in [0.2, 0.25) is 0 Å². The predicted molar refractivity (Wildman–Crippen MR) is 74.8 cm³/mol. The maximum atomic E-state index is 12.6. The highest BCUT2D eigenvalue weighted by molar-refractivity contribution is 5.96. The molecular formula is C16H19NO3. The van der Waals surface area contributed by atoms with Crippen LogP contribution in [0, 0.1) is 5.92 Å². The van der Waals surface area contributed by atoms with Gasteiger partial charge < -0.3 is 10.0 Å². The second-order valence-corrected chi connectivity index (χ2v) is 5.78. The van der Waals surface area contributed by atoms with E-state index in [1.807, 2.05) is 4.90 Å². The molecule has 1 aromatic carbocycles. The molecule has 1 heterocycles. The first-order valence-electron chi connectivity index (χ1n) is 7.31. The number of nitrogens with zero attached hydrogens (tertiary/aromatic N) is 1. The van der Waals surface area contributed by atoms with Crippen molar-refractivity contribution in [2.75, 3.05) is 6.54 Å². The summed E-state index contributed by atoms with van der Waals surface area (Å²) >= 11 is 0. The topological polar surface area (TPSA) is 57.6 Å². The fourth-order valence-corrected chi connectivity index (χ4v) is 3.28. The van der Waals surface area contributed by atoms with E-state index in [0.29, 0.717) is 17.5 Å². The van der Waals surface area contributed by atoms with Crippen molar-refractivity contribution >= 4 is 11.9 Å². The first-order valence-corrected chi connectivity index (χ1v) is 7.31. The number of carbonyl (C=O) groups is 2. The second kappa shape index (κ2) is 5.27. The molecule has 0 radical (unpaired) electrons. The molecule has 106 valence electrons. The SMILES string of the molecule is O=C(O)c1ccc(C(=O)N2CCC[C@@H]2C2CCC2)cc1. The number of aromatic carboxylic acids is 1. The summed E-state index contributed by atoms with van der Waals surface area (Å²) in [6.45, 7) is 0.834. The van der Waals surface area contributed by atoms with Gasteiger partial charge in [0, 0.05) is 18.2 Å². The molecule has 1 atom stereocenters. The molecule has 20 heavy (non-hydrogen) atoms. The lowest BCUT2D eigenvalue weighted by Gasteiger charge is -2.37. The summed E-state index contributed by atoms with van der Waals surface area (Å²) < 4.78 is 0. The van der Waals surface area contributed by atoms with E-state index in [2.05, 4.69) is 0 Å². The van der Waals surface area contributed by atoms with E-state index in [1.165, 1.54) is 31.4 Å². The van der Waals surface area contributed by atoms with E-state index in [9.17, 15) is 9.59 Å². The quantitative estimate of drug-likeness (QED) is 0.921. The monoisotopic (exact) mass is 273 g/mol. The van der Waals surface area contributed by atoms with Crippen LogP contribution in [0.3, 0.4) is 0 Å². The molecule has 3 rings (SSSR count). The Morgan fingerprint density at radius 3 is 2.20 bits per heavy atom. The summed E-state index contributed by atoms with van der Waals surface area (Å²) in [6.07, 6.45) is 5.97. The largest absolute Gasteiger partial charge is 0.478 e. The average molecular weight is 273 g/mol. The lowest BCUT2D eigenvalue weighted by Crippen LogP contribution is -2.42. The van der Waals surface area contributed by atoms with E-state index in [4.69, 9.17) is 5.11 Å². The zero-order valence-electron chi connectivity index (χ0n) is 11.4. The Balaban J connectivity index is 1.75. The summed E-state index contributed by atoms with van der Waals surface area (Å²) in [5.41, 5.74) is 0.819. The van der Waals surface area contributed by atoms with Crippen LogP contribution >= 0.6 is 0 Å². The van der Waals surface area contributed by atoms with Crippen LogP contribution in [0.15, 0.2) is 24.3 Å². The molecule has 0 bridgehead atoms. The van der Waals surface area contributed by atoms with Crippen LogP contribution in [0.1, 0.15) is 52.8 Å². The van der Waals surface area contributed by atoms with Gasteiger partial charge in [0.25, 0.3) is 5.91 Å². The van der Waals surface area contributed by atoms with E-state index in [0.717, 1.165) is 19.4 Å². The molecule has 1 aliphatic heterocycles. The van der Waals surface area contributed by atoms with Gasteiger partial charge in [0.15, 0.2) is 0 Å². The molecule has 1 saturated carbocycles. The van der Waals surface area contributed by atoms with Gasteiger partial charge in [-0.2, -0.15) is 0 Å². The summed E-state index contributed by atoms with van der Waals surface area (Å²) in [4.78, 5) is 25.4. The number of amides is 1. The first-order chi connectivity index (χ1) is 9.66. The molecule has 0 unspecified atom stereocenters. The fraction of sp³-hybridized carbons (Fsp3) is 0.500. The first kappa shape index (κ1) is 13.2. The van der Waals surface area contributed by atoms with Crippen molar-refractivity contribution in [2.45, 2.75) is 38.1 Å². The second-order valence-electron chi connectivity index (χ2n) is 5.78. The van der Waals surface area contributed by atoms with E-state index >= 15 is 0 Å². The minimum Gasteiger partial charge on any atom is -0.478 e. The number of hydrogen-bond acceptors (Lipinski definition) is 2. The third kappa shape index (κ3) is 2.30. The Morgan fingerprint density at radius 1 is 1.00 bits per heavy atom. The zero-order chi connectivity index (χ0) is 14.1. The van der Waals surface area contributed by atoms with Gasteiger partial charge in [0.1, 0.15) is 0 Å². The fourth-order valence-electron chi connectivity index (χ4n) is 3.28. The number of rotatable bonds is 3. The van der Waals surface area contributed by atoms with E-state index in [-0.39, 0.29) is 11.5 Å². The molecule has 4 nitrogen and oxygen atoms in total. The highest BCUT2D eigenvalue weighted by atomic mass is 16.4. The molecule has 1 amide bonds. The van der Waals surface area contributed by atoms with Gasteiger partial charge in [0.2, 0.25) is 0 Å². The Bertz CT molecular complexity index is 519. The Labute approximate surface area is 118 Å². The van der Waals surface area contributed by atoms with E-state index in [1.54, 1.807) is 12.1 Å². The number of carbonyl (C=O) groups excluding carboxylic acids is 1. The van der Waals surface area contributed by atoms with Gasteiger partial charge in [-0.1, -0.05) is 6.42 Å². The van der Waals surface area contributed by atoms with Gasteiger partial charge in [-0.3, -0.25) is 4.79 Å². The lowest BCUT2D eigenvalue weighted by atomic mass is 9.78. The smallest absolute Gasteiger partial charge is 0.335 e. The molecule has 1 saturated heterocycles. The molecule has 0 spiro atoms. The predicted octanol–water partition coefficient (Wildman–Crippen LogP) is 2.79. The van der Waals surface area contributed by atoms with Crippen LogP contribution in [0.4, 0.5) is 0 Å². The molecule has 0 aromatic heterocycles. The van der Waals surface area contributed by atoms with Crippen molar-refractivity contribution in [2.24, 2.45) is 5.92 Å². The van der Waals surface area contributed by atoms with Gasteiger partial charge in [0.05, 0.1) is 5.56 Å². The number of carboxylic acid groups (broad SMARTS) is 1. The maximum Gasteiger partial charge on any atom is 0.335 e. The number of hydrogen-bond donors (Lipinski definition) is 1. The number of benzene rings is 1. The van der Waals surface area contributed by atoms with Gasteiger partial charge in [-0.25, -0.2) is 4.79 Å². The van der Waals surface area contributed by atoms with Crippen LogP contribution < -0.4 is 0 Å². The minimum atomic E-state index is -0.961. The van der Waals surface area contributed by atoms with Crippen molar-refractivity contribution in [3.05, 3.63) is 35.4 Å². The van der Waals surface area contributed by atoms with Crippen LogP contribution in [0.5, 0.6) is 0 Å². The van der Waals surface area contributed by atoms with Crippen molar-refractivity contribution in [3.8, 4) is 0 Å². The number of likely N-dealkylation sites (tertiary alicyclic amines) is 1. The lowest BCUT2D eigenvalue weighted by molar-refractivity contribution is 0.0624. The zero-order valence-corrected chi connectivity index (χ0v) is 11.4. The third-order valence-corrected chi connectivity index (χ3v) is 4.63. The van der Waals surface area contributed by atoms with E-state index < -0.39 is 5.97 Å². The molecule has 2 fully saturated rings.